The van der Waals surface area contributed by atoms with Gasteiger partial charge in [-0.05, 0) is 5.53 Å². The number of imide groups is 1. The first-order valence-electron chi connectivity index (χ1n) is 5.98. The first-order valence-corrected chi connectivity index (χ1v) is 5.98. The minimum atomic E-state index is -0.623. The van der Waals surface area contributed by atoms with Crippen molar-refractivity contribution >= 4 is 11.9 Å². The van der Waals surface area contributed by atoms with E-state index in [1.807, 2.05) is 0 Å². The zero-order chi connectivity index (χ0) is 14.0. The summed E-state index contributed by atoms with van der Waals surface area (Å²) in [5, 5.41) is 14.9. The number of azide groups is 1. The Balaban J connectivity index is 2.08. The van der Waals surface area contributed by atoms with E-state index in [-0.39, 0.29) is 25.0 Å². The number of rotatable bonds is 3. The minimum absolute atomic E-state index is 0.246. The molecule has 9 heteroatoms. The van der Waals surface area contributed by atoms with Gasteiger partial charge in [-0.1, -0.05) is 12.0 Å². The number of amides is 3. The van der Waals surface area contributed by atoms with Crippen LogP contribution in [-0.2, 0) is 9.53 Å². The van der Waals surface area contributed by atoms with Gasteiger partial charge in [0.05, 0.1) is 24.7 Å². The monoisotopic (exact) mass is 269 g/mol. The highest BCUT2D eigenvalue weighted by Gasteiger charge is 2.42. The molecular formula is C10H15N5O4. The van der Waals surface area contributed by atoms with Crippen LogP contribution in [0.1, 0.15) is 13.3 Å². The third kappa shape index (κ3) is 2.62. The second-order valence-corrected chi connectivity index (χ2v) is 4.67. The second kappa shape index (κ2) is 5.43. The molecule has 2 fully saturated rings. The Morgan fingerprint density at radius 2 is 2.37 bits per heavy atom. The number of aliphatic hydroxyl groups is 1. The van der Waals surface area contributed by atoms with E-state index in [1.54, 1.807) is 6.92 Å². The molecule has 2 saturated heterocycles. The van der Waals surface area contributed by atoms with Crippen LogP contribution in [0.25, 0.3) is 10.4 Å². The van der Waals surface area contributed by atoms with Crippen molar-refractivity contribution in [3.8, 4) is 0 Å². The molecule has 104 valence electrons. The van der Waals surface area contributed by atoms with Crippen molar-refractivity contribution in [3.05, 3.63) is 10.4 Å². The number of nitrogens with one attached hydrogen (secondary N) is 1. The average Bonchev–Trinajstić information content (AvgIpc) is 2.77. The van der Waals surface area contributed by atoms with Gasteiger partial charge in [0.1, 0.15) is 6.23 Å². The normalized spacial score (nSPS) is 34.9. The van der Waals surface area contributed by atoms with Gasteiger partial charge in [-0.15, -0.1) is 0 Å². The fraction of sp³-hybridized carbons (Fsp3) is 0.800. The van der Waals surface area contributed by atoms with Crippen molar-refractivity contribution in [2.45, 2.75) is 31.7 Å². The van der Waals surface area contributed by atoms with Crippen LogP contribution >= 0.6 is 0 Å². The van der Waals surface area contributed by atoms with Crippen molar-refractivity contribution < 1.29 is 19.4 Å². The smallest absolute Gasteiger partial charge is 0.326 e. The zero-order valence-electron chi connectivity index (χ0n) is 10.4. The van der Waals surface area contributed by atoms with Crippen molar-refractivity contribution in [3.63, 3.8) is 0 Å². The Labute approximate surface area is 109 Å². The number of hydrogen-bond acceptors (Lipinski definition) is 5. The van der Waals surface area contributed by atoms with E-state index < -0.39 is 24.4 Å². The fourth-order valence-corrected chi connectivity index (χ4v) is 2.27. The summed E-state index contributed by atoms with van der Waals surface area (Å²) < 4.78 is 5.51. The van der Waals surface area contributed by atoms with E-state index in [4.69, 9.17) is 15.4 Å². The molecule has 0 aromatic heterocycles. The maximum atomic E-state index is 11.7. The van der Waals surface area contributed by atoms with E-state index in [9.17, 15) is 9.59 Å². The first kappa shape index (κ1) is 13.6. The molecule has 0 aromatic rings. The van der Waals surface area contributed by atoms with Gasteiger partial charge in [-0.3, -0.25) is 15.0 Å². The molecule has 0 bridgehead atoms. The molecule has 2 rings (SSSR count). The van der Waals surface area contributed by atoms with Crippen LogP contribution in [0.2, 0.25) is 0 Å². The maximum absolute atomic E-state index is 11.7. The summed E-state index contributed by atoms with van der Waals surface area (Å²) in [6.07, 6.45) is -0.909. The molecule has 0 aliphatic carbocycles. The standard InChI is InChI=1S/C10H15N5O4/c1-5-3-15(10(18)12-9(5)17)8-2-6(13-14-11)7(4-16)19-8/h5-8,16H,2-4H2,1H3,(H,12,17,18)/t5?,6?,7-,8-/m1/s1. The Hall–Kier alpha value is -1.83. The Kier molecular flexibility index (Phi) is 3.89. The lowest BCUT2D eigenvalue weighted by atomic mass is 10.1. The quantitative estimate of drug-likeness (QED) is 0.423. The van der Waals surface area contributed by atoms with Crippen LogP contribution < -0.4 is 5.32 Å². The van der Waals surface area contributed by atoms with Gasteiger partial charge in [0.15, 0.2) is 0 Å². The van der Waals surface area contributed by atoms with Gasteiger partial charge in [0.25, 0.3) is 0 Å². The number of hydrogen-bond donors (Lipinski definition) is 2. The van der Waals surface area contributed by atoms with Gasteiger partial charge in [0.2, 0.25) is 5.91 Å². The Morgan fingerprint density at radius 1 is 1.63 bits per heavy atom. The van der Waals surface area contributed by atoms with E-state index >= 15 is 0 Å². The van der Waals surface area contributed by atoms with E-state index in [0.717, 1.165) is 0 Å². The highest BCUT2D eigenvalue weighted by atomic mass is 16.5. The topological polar surface area (TPSA) is 128 Å². The highest BCUT2D eigenvalue weighted by Crippen LogP contribution is 2.27. The molecule has 0 spiro atoms. The van der Waals surface area contributed by atoms with E-state index in [0.29, 0.717) is 6.42 Å². The summed E-state index contributed by atoms with van der Waals surface area (Å²) in [4.78, 5) is 27.2. The SMILES string of the molecule is CC1CN([C@H]2CC(N=[N+]=[N-])[C@@H](CO)O2)C(=O)NC1=O. The van der Waals surface area contributed by atoms with Crippen LogP contribution in [0.3, 0.4) is 0 Å². The highest BCUT2D eigenvalue weighted by molar-refractivity contribution is 5.97. The van der Waals surface area contributed by atoms with E-state index in [1.165, 1.54) is 4.90 Å². The number of ether oxygens (including phenoxy) is 1. The molecule has 4 atom stereocenters. The molecule has 0 aromatic carbocycles. The molecule has 9 nitrogen and oxygen atoms in total. The summed E-state index contributed by atoms with van der Waals surface area (Å²) >= 11 is 0. The second-order valence-electron chi connectivity index (χ2n) is 4.67. The lowest BCUT2D eigenvalue weighted by molar-refractivity contribution is -0.128. The lowest BCUT2D eigenvalue weighted by Gasteiger charge is -2.34. The summed E-state index contributed by atoms with van der Waals surface area (Å²) in [5.41, 5.74) is 8.45. The van der Waals surface area contributed by atoms with Gasteiger partial charge in [0, 0.05) is 17.9 Å². The van der Waals surface area contributed by atoms with Crippen molar-refractivity contribution in [2.75, 3.05) is 13.2 Å². The Bertz CT molecular complexity index is 436. The van der Waals surface area contributed by atoms with Crippen molar-refractivity contribution in [1.82, 2.24) is 10.2 Å². The number of nitrogens with zero attached hydrogens (tertiary/aromatic N) is 4. The number of carbonyl (C=O) groups is 2. The predicted octanol–water partition coefficient (Wildman–Crippen LogP) is -0.0395. The van der Waals surface area contributed by atoms with Gasteiger partial charge in [-0.2, -0.15) is 0 Å². The maximum Gasteiger partial charge on any atom is 0.326 e. The van der Waals surface area contributed by atoms with E-state index in [2.05, 4.69) is 15.3 Å². The summed E-state index contributed by atoms with van der Waals surface area (Å²) in [6.45, 7) is 1.67. The molecule has 3 amide bonds. The number of urea groups is 1. The van der Waals surface area contributed by atoms with Gasteiger partial charge in [-0.25, -0.2) is 4.79 Å². The van der Waals surface area contributed by atoms with Gasteiger partial charge >= 0.3 is 6.03 Å². The van der Waals surface area contributed by atoms with Crippen LogP contribution in [0.4, 0.5) is 4.79 Å². The summed E-state index contributed by atoms with van der Waals surface area (Å²) in [6, 6.07) is -1.04. The molecule has 2 aliphatic rings. The zero-order valence-corrected chi connectivity index (χ0v) is 10.4. The van der Waals surface area contributed by atoms with Gasteiger partial charge < -0.3 is 9.84 Å². The largest absolute Gasteiger partial charge is 0.394 e. The molecule has 2 unspecified atom stereocenters. The first-order chi connectivity index (χ1) is 9.06. The van der Waals surface area contributed by atoms with Crippen LogP contribution in [-0.4, -0.2) is 53.5 Å². The summed E-state index contributed by atoms with van der Waals surface area (Å²) in [5.74, 6) is -0.642. The molecule has 2 N–H and O–H groups in total. The van der Waals surface area contributed by atoms with Crippen LogP contribution in [0, 0.1) is 5.92 Å². The Morgan fingerprint density at radius 3 is 3.00 bits per heavy atom. The van der Waals surface area contributed by atoms with Crippen LogP contribution in [0.5, 0.6) is 0 Å². The average molecular weight is 269 g/mol. The van der Waals surface area contributed by atoms with Crippen LogP contribution in [0.15, 0.2) is 5.11 Å². The third-order valence-electron chi connectivity index (χ3n) is 3.34. The molecule has 0 saturated carbocycles. The molecule has 0 radical (unpaired) electrons. The molecular weight excluding hydrogens is 254 g/mol. The summed E-state index contributed by atoms with van der Waals surface area (Å²) in [7, 11) is 0. The minimum Gasteiger partial charge on any atom is -0.394 e. The number of carbonyl (C=O) groups excluding carboxylic acids is 2. The van der Waals surface area contributed by atoms with Crippen molar-refractivity contribution in [1.29, 1.82) is 0 Å². The molecule has 19 heavy (non-hydrogen) atoms. The predicted molar refractivity (Wildman–Crippen MR) is 62.7 cm³/mol. The third-order valence-corrected chi connectivity index (χ3v) is 3.34. The molecule has 2 heterocycles. The molecule has 2 aliphatic heterocycles. The number of aliphatic hydroxyl groups excluding tert-OH is 1. The van der Waals surface area contributed by atoms with Crippen molar-refractivity contribution in [2.24, 2.45) is 11.0 Å². The lowest BCUT2D eigenvalue weighted by Crippen LogP contribution is -2.57. The fourth-order valence-electron chi connectivity index (χ4n) is 2.27.